The van der Waals surface area contributed by atoms with Gasteiger partial charge in [0.2, 0.25) is 5.91 Å². The minimum absolute atomic E-state index is 0.200. The fourth-order valence-corrected chi connectivity index (χ4v) is 2.21. The third-order valence-electron chi connectivity index (χ3n) is 3.34. The maximum atomic E-state index is 12.8. The first-order valence-corrected chi connectivity index (χ1v) is 6.64. The van der Waals surface area contributed by atoms with Gasteiger partial charge in [-0.25, -0.2) is 0 Å². The SMILES string of the molecule is C=CCN(CC=C)C(=O)C(C#N)(CC)c1ccccc1. The summed E-state index contributed by atoms with van der Waals surface area (Å²) in [7, 11) is 0. The lowest BCUT2D eigenvalue weighted by Gasteiger charge is -2.31. The Bertz CT molecular complexity index is 506. The first-order valence-electron chi connectivity index (χ1n) is 6.64. The molecule has 1 aromatic rings. The van der Waals surface area contributed by atoms with Gasteiger partial charge in [0, 0.05) is 13.1 Å². The zero-order chi connectivity index (χ0) is 15.0. The highest BCUT2D eigenvalue weighted by atomic mass is 16.2. The van der Waals surface area contributed by atoms with E-state index in [9.17, 15) is 10.1 Å². The van der Waals surface area contributed by atoms with Crippen molar-refractivity contribution < 1.29 is 4.79 Å². The quantitative estimate of drug-likeness (QED) is 0.713. The summed E-state index contributed by atoms with van der Waals surface area (Å²) < 4.78 is 0. The molecule has 0 fully saturated rings. The lowest BCUT2D eigenvalue weighted by Crippen LogP contribution is -2.46. The van der Waals surface area contributed by atoms with E-state index in [0.717, 1.165) is 5.56 Å². The summed E-state index contributed by atoms with van der Waals surface area (Å²) in [6.07, 6.45) is 3.74. The van der Waals surface area contributed by atoms with E-state index in [1.165, 1.54) is 0 Å². The average molecular weight is 268 g/mol. The van der Waals surface area contributed by atoms with E-state index in [2.05, 4.69) is 19.2 Å². The first-order chi connectivity index (χ1) is 9.66. The van der Waals surface area contributed by atoms with Crippen molar-refractivity contribution in [3.8, 4) is 6.07 Å². The molecule has 0 saturated carbocycles. The second-order valence-corrected chi connectivity index (χ2v) is 4.52. The predicted molar refractivity (Wildman–Crippen MR) is 81.0 cm³/mol. The minimum atomic E-state index is -1.15. The van der Waals surface area contributed by atoms with Gasteiger partial charge in [-0.3, -0.25) is 4.79 Å². The molecule has 0 spiro atoms. The average Bonchev–Trinajstić information content (AvgIpc) is 2.50. The number of hydrogen-bond donors (Lipinski definition) is 0. The second-order valence-electron chi connectivity index (χ2n) is 4.52. The molecule has 0 aliphatic carbocycles. The van der Waals surface area contributed by atoms with E-state index in [1.807, 2.05) is 37.3 Å². The number of hydrogen-bond acceptors (Lipinski definition) is 2. The third-order valence-corrected chi connectivity index (χ3v) is 3.34. The Kier molecular flexibility index (Phi) is 5.74. The summed E-state index contributed by atoms with van der Waals surface area (Å²) in [5.41, 5.74) is -0.416. The van der Waals surface area contributed by atoms with Gasteiger partial charge in [0.05, 0.1) is 6.07 Å². The van der Waals surface area contributed by atoms with Crippen molar-refractivity contribution in [1.29, 1.82) is 5.26 Å². The normalized spacial score (nSPS) is 12.8. The van der Waals surface area contributed by atoms with Crippen LogP contribution >= 0.6 is 0 Å². The molecule has 0 N–H and O–H groups in total. The van der Waals surface area contributed by atoms with Crippen LogP contribution in [0.4, 0.5) is 0 Å². The fourth-order valence-electron chi connectivity index (χ4n) is 2.21. The molecule has 3 nitrogen and oxygen atoms in total. The summed E-state index contributed by atoms with van der Waals surface area (Å²) >= 11 is 0. The van der Waals surface area contributed by atoms with Crippen LogP contribution in [0.15, 0.2) is 55.6 Å². The number of rotatable bonds is 7. The molecule has 104 valence electrons. The van der Waals surface area contributed by atoms with Crippen molar-refractivity contribution >= 4 is 5.91 Å². The van der Waals surface area contributed by atoms with E-state index in [4.69, 9.17) is 0 Å². The standard InChI is InChI=1S/C17H20N2O/c1-4-12-19(13-5-2)16(20)17(6-3,14-18)15-10-8-7-9-11-15/h4-5,7-11H,1-2,6,12-13H2,3H3. The number of carbonyl (C=O) groups excluding carboxylic acids is 1. The summed E-state index contributed by atoms with van der Waals surface area (Å²) in [4.78, 5) is 14.4. The van der Waals surface area contributed by atoms with Gasteiger partial charge in [0.15, 0.2) is 5.41 Å². The smallest absolute Gasteiger partial charge is 0.248 e. The fraction of sp³-hybridized carbons (Fsp3) is 0.294. The Morgan fingerprint density at radius 2 is 1.85 bits per heavy atom. The topological polar surface area (TPSA) is 44.1 Å². The van der Waals surface area contributed by atoms with E-state index >= 15 is 0 Å². The molecule has 20 heavy (non-hydrogen) atoms. The van der Waals surface area contributed by atoms with Gasteiger partial charge in [0.25, 0.3) is 0 Å². The highest BCUT2D eigenvalue weighted by molar-refractivity contribution is 5.91. The molecular formula is C17H20N2O. The largest absolute Gasteiger partial charge is 0.334 e. The Balaban J connectivity index is 3.25. The Labute approximate surface area is 120 Å². The second kappa shape index (κ2) is 7.30. The molecule has 1 unspecified atom stereocenters. The van der Waals surface area contributed by atoms with Crippen LogP contribution in [-0.2, 0) is 10.2 Å². The van der Waals surface area contributed by atoms with Gasteiger partial charge >= 0.3 is 0 Å². The van der Waals surface area contributed by atoms with E-state index in [-0.39, 0.29) is 5.91 Å². The van der Waals surface area contributed by atoms with Gasteiger partial charge in [-0.2, -0.15) is 5.26 Å². The molecule has 1 aromatic carbocycles. The summed E-state index contributed by atoms with van der Waals surface area (Å²) in [5, 5.41) is 9.64. The number of amides is 1. The van der Waals surface area contributed by atoms with E-state index in [0.29, 0.717) is 19.5 Å². The van der Waals surface area contributed by atoms with Crippen molar-refractivity contribution in [3.63, 3.8) is 0 Å². The van der Waals surface area contributed by atoms with Crippen molar-refractivity contribution in [2.75, 3.05) is 13.1 Å². The maximum Gasteiger partial charge on any atom is 0.248 e. The zero-order valence-electron chi connectivity index (χ0n) is 11.9. The van der Waals surface area contributed by atoms with Gasteiger partial charge in [-0.1, -0.05) is 49.4 Å². The lowest BCUT2D eigenvalue weighted by molar-refractivity contribution is -0.134. The van der Waals surface area contributed by atoms with Crippen molar-refractivity contribution in [2.45, 2.75) is 18.8 Å². The maximum absolute atomic E-state index is 12.8. The van der Waals surface area contributed by atoms with Crippen LogP contribution in [0.3, 0.4) is 0 Å². The lowest BCUT2D eigenvalue weighted by atomic mass is 9.78. The molecule has 0 aliphatic heterocycles. The van der Waals surface area contributed by atoms with Crippen molar-refractivity contribution in [3.05, 3.63) is 61.2 Å². The zero-order valence-corrected chi connectivity index (χ0v) is 11.9. The Morgan fingerprint density at radius 1 is 1.30 bits per heavy atom. The summed E-state index contributed by atoms with van der Waals surface area (Å²) in [6.45, 7) is 9.98. The molecule has 1 amide bonds. The molecule has 0 bridgehead atoms. The van der Waals surface area contributed by atoms with Crippen molar-refractivity contribution in [1.82, 2.24) is 4.90 Å². The van der Waals surface area contributed by atoms with Crippen LogP contribution in [0.1, 0.15) is 18.9 Å². The number of benzene rings is 1. The van der Waals surface area contributed by atoms with Crippen LogP contribution < -0.4 is 0 Å². The van der Waals surface area contributed by atoms with Crippen LogP contribution in [0, 0.1) is 11.3 Å². The van der Waals surface area contributed by atoms with Gasteiger partial charge in [-0.15, -0.1) is 13.2 Å². The molecule has 3 heteroatoms. The molecule has 1 atom stereocenters. The van der Waals surface area contributed by atoms with Crippen LogP contribution in [0.2, 0.25) is 0 Å². The van der Waals surface area contributed by atoms with Crippen LogP contribution in [0.25, 0.3) is 0 Å². The number of nitriles is 1. The van der Waals surface area contributed by atoms with Crippen LogP contribution in [0.5, 0.6) is 0 Å². The summed E-state index contributed by atoms with van der Waals surface area (Å²) in [6, 6.07) is 11.4. The predicted octanol–water partition coefficient (Wildman–Crippen LogP) is 3.06. The highest BCUT2D eigenvalue weighted by Crippen LogP contribution is 2.29. The number of carbonyl (C=O) groups is 1. The molecule has 0 radical (unpaired) electrons. The van der Waals surface area contributed by atoms with E-state index < -0.39 is 5.41 Å². The molecule has 0 saturated heterocycles. The molecular weight excluding hydrogens is 248 g/mol. The minimum Gasteiger partial charge on any atom is -0.334 e. The molecule has 0 heterocycles. The van der Waals surface area contributed by atoms with Gasteiger partial charge < -0.3 is 4.90 Å². The number of nitrogens with zero attached hydrogens (tertiary/aromatic N) is 2. The molecule has 1 rings (SSSR count). The van der Waals surface area contributed by atoms with Gasteiger partial charge in [0.1, 0.15) is 0 Å². The molecule has 0 aliphatic rings. The Hall–Kier alpha value is -2.34. The monoisotopic (exact) mass is 268 g/mol. The third kappa shape index (κ3) is 2.97. The van der Waals surface area contributed by atoms with Gasteiger partial charge in [-0.05, 0) is 12.0 Å². The molecule has 0 aromatic heterocycles. The first kappa shape index (κ1) is 15.7. The highest BCUT2D eigenvalue weighted by Gasteiger charge is 2.41. The van der Waals surface area contributed by atoms with Crippen LogP contribution in [-0.4, -0.2) is 23.9 Å². The Morgan fingerprint density at radius 3 is 2.25 bits per heavy atom. The van der Waals surface area contributed by atoms with Crippen molar-refractivity contribution in [2.24, 2.45) is 0 Å². The summed E-state index contributed by atoms with van der Waals surface area (Å²) in [5.74, 6) is -0.200. The van der Waals surface area contributed by atoms with E-state index in [1.54, 1.807) is 17.1 Å².